The molecule has 2 aromatic rings. The third-order valence-corrected chi connectivity index (χ3v) is 4.18. The highest BCUT2D eigenvalue weighted by molar-refractivity contribution is 7.90. The van der Waals surface area contributed by atoms with Crippen molar-refractivity contribution in [1.29, 1.82) is 0 Å². The van der Waals surface area contributed by atoms with Crippen molar-refractivity contribution in [2.24, 2.45) is 5.73 Å². The minimum absolute atomic E-state index is 0.0825. The highest BCUT2D eigenvalue weighted by atomic mass is 32.2. The van der Waals surface area contributed by atoms with Crippen LogP contribution in [0.4, 0.5) is 0 Å². The predicted molar refractivity (Wildman–Crippen MR) is 73.8 cm³/mol. The summed E-state index contributed by atoms with van der Waals surface area (Å²) >= 11 is 0. The van der Waals surface area contributed by atoms with Gasteiger partial charge < -0.3 is 10.2 Å². The molecule has 0 aliphatic heterocycles. The molecule has 19 heavy (non-hydrogen) atoms. The maximum absolute atomic E-state index is 11.5. The number of fused-ring (bicyclic) bond motifs is 1. The van der Waals surface area contributed by atoms with Crippen molar-refractivity contribution >= 4 is 20.9 Å². The zero-order valence-electron chi connectivity index (χ0n) is 11.1. The molecule has 0 saturated carbocycles. The molecule has 0 aliphatic carbocycles. The van der Waals surface area contributed by atoms with Crippen molar-refractivity contribution < 1.29 is 12.8 Å². The van der Waals surface area contributed by atoms with Gasteiger partial charge in [0, 0.05) is 18.7 Å². The molecule has 6 heteroatoms. The largest absolute Gasteiger partial charge is 0.440 e. The smallest absolute Gasteiger partial charge is 0.199 e. The Morgan fingerprint density at radius 2 is 2.16 bits per heavy atom. The number of hydrogen-bond donors (Lipinski definition) is 1. The van der Waals surface area contributed by atoms with Crippen LogP contribution in [0.25, 0.3) is 11.1 Å². The lowest BCUT2D eigenvalue weighted by Crippen LogP contribution is -2.12. The minimum Gasteiger partial charge on any atom is -0.440 e. The number of nitrogens with zero attached hydrogens (tertiary/aromatic N) is 1. The van der Waals surface area contributed by atoms with E-state index >= 15 is 0 Å². The van der Waals surface area contributed by atoms with Crippen molar-refractivity contribution in [2.75, 3.05) is 12.8 Å². The fraction of sp³-hybridized carbons (Fsp3) is 0.462. The van der Waals surface area contributed by atoms with Gasteiger partial charge in [0.25, 0.3) is 0 Å². The van der Waals surface area contributed by atoms with Crippen LogP contribution < -0.4 is 5.73 Å². The number of benzene rings is 1. The zero-order valence-corrected chi connectivity index (χ0v) is 11.9. The summed E-state index contributed by atoms with van der Waals surface area (Å²) in [6.45, 7) is 2.55. The molecule has 1 aromatic heterocycles. The summed E-state index contributed by atoms with van der Waals surface area (Å²) in [4.78, 5) is 4.62. The molecule has 104 valence electrons. The summed E-state index contributed by atoms with van der Waals surface area (Å²) in [5.74, 6) is 0.670. The van der Waals surface area contributed by atoms with Gasteiger partial charge in [-0.05, 0) is 24.6 Å². The number of oxazole rings is 1. The molecular weight excluding hydrogens is 264 g/mol. The van der Waals surface area contributed by atoms with Gasteiger partial charge in [-0.2, -0.15) is 0 Å². The third-order valence-electron chi connectivity index (χ3n) is 3.07. The Morgan fingerprint density at radius 3 is 2.74 bits per heavy atom. The van der Waals surface area contributed by atoms with Crippen LogP contribution in [-0.4, -0.2) is 26.2 Å². The Bertz CT molecular complexity index is 676. The zero-order chi connectivity index (χ0) is 14.0. The van der Waals surface area contributed by atoms with Gasteiger partial charge in [0.15, 0.2) is 21.3 Å². The van der Waals surface area contributed by atoms with Gasteiger partial charge in [-0.3, -0.25) is 0 Å². The standard InChI is InChI=1S/C13H18N2O3S/c1-3-4-9(8-14)13-15-11-7-10(19(2,16)17)5-6-12(11)18-13/h5-7,9H,3-4,8,14H2,1-2H3. The van der Waals surface area contributed by atoms with Crippen LogP contribution in [0.1, 0.15) is 31.6 Å². The van der Waals surface area contributed by atoms with E-state index in [-0.39, 0.29) is 10.8 Å². The molecular formula is C13H18N2O3S. The van der Waals surface area contributed by atoms with Crippen LogP contribution >= 0.6 is 0 Å². The van der Waals surface area contributed by atoms with E-state index in [0.29, 0.717) is 23.5 Å². The van der Waals surface area contributed by atoms with E-state index in [0.717, 1.165) is 12.8 Å². The van der Waals surface area contributed by atoms with Crippen LogP contribution in [0.3, 0.4) is 0 Å². The second-order valence-corrected chi connectivity index (χ2v) is 6.69. The molecule has 1 unspecified atom stereocenters. The molecule has 0 radical (unpaired) electrons. The second-order valence-electron chi connectivity index (χ2n) is 4.68. The topological polar surface area (TPSA) is 86.2 Å². The van der Waals surface area contributed by atoms with Gasteiger partial charge in [0.05, 0.1) is 4.90 Å². The number of nitrogens with two attached hydrogens (primary N) is 1. The first-order valence-corrected chi connectivity index (χ1v) is 8.15. The molecule has 2 rings (SSSR count). The van der Waals surface area contributed by atoms with Crippen LogP contribution in [-0.2, 0) is 9.84 Å². The predicted octanol–water partition coefficient (Wildman–Crippen LogP) is 2.07. The van der Waals surface area contributed by atoms with E-state index < -0.39 is 9.84 Å². The summed E-state index contributed by atoms with van der Waals surface area (Å²) in [6, 6.07) is 4.71. The maximum Gasteiger partial charge on any atom is 0.199 e. The Morgan fingerprint density at radius 1 is 1.42 bits per heavy atom. The number of sulfone groups is 1. The van der Waals surface area contributed by atoms with Crippen molar-refractivity contribution in [3.63, 3.8) is 0 Å². The normalized spacial score (nSPS) is 13.8. The molecule has 0 fully saturated rings. The first-order valence-electron chi connectivity index (χ1n) is 6.26. The van der Waals surface area contributed by atoms with Gasteiger partial charge >= 0.3 is 0 Å². The number of rotatable bonds is 5. The highest BCUT2D eigenvalue weighted by Gasteiger charge is 2.17. The fourth-order valence-electron chi connectivity index (χ4n) is 2.02. The average Bonchev–Trinajstić information content (AvgIpc) is 2.77. The number of hydrogen-bond acceptors (Lipinski definition) is 5. The Labute approximate surface area is 112 Å². The summed E-state index contributed by atoms with van der Waals surface area (Å²) < 4.78 is 28.7. The first kappa shape index (κ1) is 14.0. The monoisotopic (exact) mass is 282 g/mol. The minimum atomic E-state index is -3.23. The summed E-state index contributed by atoms with van der Waals surface area (Å²) in [5, 5.41) is 0. The molecule has 0 aliphatic rings. The van der Waals surface area contributed by atoms with Crippen molar-refractivity contribution in [2.45, 2.75) is 30.6 Å². The lowest BCUT2D eigenvalue weighted by Gasteiger charge is -2.07. The van der Waals surface area contributed by atoms with E-state index in [1.807, 2.05) is 0 Å². The van der Waals surface area contributed by atoms with Crippen LogP contribution in [0.15, 0.2) is 27.5 Å². The first-order chi connectivity index (χ1) is 8.95. The van der Waals surface area contributed by atoms with Gasteiger partial charge in [-0.15, -0.1) is 0 Å². The average molecular weight is 282 g/mol. The number of aromatic nitrogens is 1. The van der Waals surface area contributed by atoms with Crippen molar-refractivity contribution in [1.82, 2.24) is 4.98 Å². The SMILES string of the molecule is CCCC(CN)c1nc2cc(S(C)(=O)=O)ccc2o1. The summed E-state index contributed by atoms with van der Waals surface area (Å²) in [6.07, 6.45) is 3.08. The van der Waals surface area contributed by atoms with E-state index in [1.54, 1.807) is 6.07 Å². The Hall–Kier alpha value is -1.40. The second kappa shape index (κ2) is 5.30. The third kappa shape index (κ3) is 2.96. The Kier molecular flexibility index (Phi) is 3.91. The maximum atomic E-state index is 11.5. The molecule has 0 bridgehead atoms. The van der Waals surface area contributed by atoms with Crippen molar-refractivity contribution in [3.8, 4) is 0 Å². The molecule has 0 spiro atoms. The van der Waals surface area contributed by atoms with Gasteiger partial charge in [-0.25, -0.2) is 13.4 Å². The van der Waals surface area contributed by atoms with E-state index in [1.165, 1.54) is 18.4 Å². The molecule has 0 amide bonds. The van der Waals surface area contributed by atoms with Crippen LogP contribution in [0, 0.1) is 0 Å². The lowest BCUT2D eigenvalue weighted by atomic mass is 10.0. The molecule has 5 nitrogen and oxygen atoms in total. The Balaban J connectivity index is 2.46. The van der Waals surface area contributed by atoms with E-state index in [9.17, 15) is 8.42 Å². The van der Waals surface area contributed by atoms with E-state index in [2.05, 4.69) is 11.9 Å². The molecule has 0 saturated heterocycles. The van der Waals surface area contributed by atoms with E-state index in [4.69, 9.17) is 10.2 Å². The quantitative estimate of drug-likeness (QED) is 0.907. The van der Waals surface area contributed by atoms with Gasteiger partial charge in [0.1, 0.15) is 5.52 Å². The fourth-order valence-corrected chi connectivity index (χ4v) is 2.66. The lowest BCUT2D eigenvalue weighted by molar-refractivity contribution is 0.453. The summed E-state index contributed by atoms with van der Waals surface area (Å²) in [7, 11) is -3.23. The molecule has 1 atom stereocenters. The molecule has 1 heterocycles. The van der Waals surface area contributed by atoms with Crippen LogP contribution in [0.2, 0.25) is 0 Å². The highest BCUT2D eigenvalue weighted by Crippen LogP contribution is 2.25. The van der Waals surface area contributed by atoms with Crippen LogP contribution in [0.5, 0.6) is 0 Å². The molecule has 1 aromatic carbocycles. The van der Waals surface area contributed by atoms with Gasteiger partial charge in [0.2, 0.25) is 0 Å². The van der Waals surface area contributed by atoms with Gasteiger partial charge in [-0.1, -0.05) is 13.3 Å². The summed E-state index contributed by atoms with van der Waals surface area (Å²) in [5.41, 5.74) is 6.87. The van der Waals surface area contributed by atoms with Crippen molar-refractivity contribution in [3.05, 3.63) is 24.1 Å². The molecule has 2 N–H and O–H groups in total.